The number of nitrogens with zero attached hydrogens (tertiary/aromatic N) is 2. The van der Waals surface area contributed by atoms with Gasteiger partial charge in [0.1, 0.15) is 0 Å². The molecule has 3 nitrogen and oxygen atoms in total. The van der Waals surface area contributed by atoms with Crippen molar-refractivity contribution in [1.82, 2.24) is 16.4 Å². The fourth-order valence-corrected chi connectivity index (χ4v) is 0.144. The smallest absolute Gasteiger partial charge is 0.0983 e. The summed E-state index contributed by atoms with van der Waals surface area (Å²) in [6.07, 6.45) is 3.97. The molecule has 3 radical (unpaired) electrons. The molecule has 0 aliphatic carbocycles. The molecule has 0 unspecified atom stereocenters. The zero-order chi connectivity index (χ0) is 3.54. The van der Waals surface area contributed by atoms with Crippen molar-refractivity contribution in [3.8, 4) is 0 Å². The van der Waals surface area contributed by atoms with Crippen LogP contribution in [0.1, 0.15) is 0 Å². The van der Waals surface area contributed by atoms with Gasteiger partial charge in [0.25, 0.3) is 0 Å². The monoisotopic (exact) mass is 68.0 g/mol. The lowest BCUT2D eigenvalue weighted by molar-refractivity contribution is 0.581. The minimum absolute atomic E-state index is 1.46. The molecule has 0 aromatic carbocycles. The molecule has 0 bridgehead atoms. The molecule has 1 N–H and O–H groups in total. The van der Waals surface area contributed by atoms with Crippen LogP contribution in [0.15, 0.2) is 6.20 Å². The Morgan fingerprint density at radius 2 is 2.80 bits per heavy atom. The Balaban J connectivity index is 2.32. The van der Waals surface area contributed by atoms with Gasteiger partial charge in [-0.25, -0.2) is 0 Å². The van der Waals surface area contributed by atoms with Crippen LogP contribution in [0.5, 0.6) is 0 Å². The summed E-state index contributed by atoms with van der Waals surface area (Å²) in [5.74, 6) is 0. The highest BCUT2D eigenvalue weighted by Gasteiger charge is 1.83. The molecule has 1 rings (SSSR count). The summed E-state index contributed by atoms with van der Waals surface area (Å²) in [4.78, 5) is 0. The molecule has 0 spiro atoms. The van der Waals surface area contributed by atoms with Crippen molar-refractivity contribution in [3.63, 3.8) is 0 Å². The van der Waals surface area contributed by atoms with Crippen LogP contribution in [0.25, 0.3) is 0 Å². The van der Waals surface area contributed by atoms with Gasteiger partial charge in [0, 0.05) is 5.53 Å². The van der Waals surface area contributed by atoms with Crippen molar-refractivity contribution in [2.45, 2.75) is 0 Å². The van der Waals surface area contributed by atoms with Gasteiger partial charge < -0.3 is 0 Å². The van der Waals surface area contributed by atoms with Crippen molar-refractivity contribution in [3.05, 3.63) is 12.4 Å². The van der Waals surface area contributed by atoms with E-state index in [-0.39, 0.29) is 0 Å². The van der Waals surface area contributed by atoms with E-state index in [9.17, 15) is 0 Å². The molecule has 5 heavy (non-hydrogen) atoms. The second-order valence-corrected chi connectivity index (χ2v) is 0.601. The maximum atomic E-state index is 3.36. The number of hydrogen-bond acceptors (Lipinski definition) is 1. The summed E-state index contributed by atoms with van der Waals surface area (Å²) < 4.78 is 0. The molecular formula is C2H2N3. The lowest BCUT2D eigenvalue weighted by Gasteiger charge is -1.76. The molecule has 1 aliphatic heterocycles. The van der Waals surface area contributed by atoms with Crippen LogP contribution in [0, 0.1) is 6.20 Å². The van der Waals surface area contributed by atoms with Gasteiger partial charge in [-0.15, -0.1) is 0 Å². The summed E-state index contributed by atoms with van der Waals surface area (Å²) in [7, 11) is 0. The van der Waals surface area contributed by atoms with Gasteiger partial charge in [0.15, 0.2) is 0 Å². The largest absolute Gasteiger partial charge is 0.279 e. The lowest BCUT2D eigenvalue weighted by Crippen LogP contribution is -2.15. The van der Waals surface area contributed by atoms with E-state index in [1.54, 1.807) is 0 Å². The van der Waals surface area contributed by atoms with Crippen LogP contribution in [0.3, 0.4) is 0 Å². The molecule has 0 aromatic rings. The average molecular weight is 68.1 g/mol. The highest BCUT2D eigenvalue weighted by Crippen LogP contribution is 1.62. The van der Waals surface area contributed by atoms with Crippen LogP contribution >= 0.6 is 0 Å². The fraction of sp³-hybridized carbons (Fsp3) is 0. The summed E-state index contributed by atoms with van der Waals surface area (Å²) in [6.45, 7) is 0. The van der Waals surface area contributed by atoms with Gasteiger partial charge in [-0.2, -0.15) is 5.43 Å². The quantitative estimate of drug-likeness (QED) is 0.384. The van der Waals surface area contributed by atoms with E-state index in [0.29, 0.717) is 0 Å². The van der Waals surface area contributed by atoms with Crippen molar-refractivity contribution >= 4 is 0 Å². The molecular weight excluding hydrogens is 66.0 g/mol. The Kier molecular flexibility index (Phi) is 0.478. The second-order valence-electron chi connectivity index (χ2n) is 0.601. The lowest BCUT2D eigenvalue weighted by atomic mass is 11.0. The Morgan fingerprint density at radius 1 is 1.80 bits per heavy atom. The molecule has 3 heteroatoms. The standard InChI is InChI=1S/C2H2N3/c1-2-4-5-3-1/h1,4H. The van der Waals surface area contributed by atoms with Crippen LogP contribution < -0.4 is 16.4 Å². The van der Waals surface area contributed by atoms with Crippen LogP contribution in [-0.4, -0.2) is 0 Å². The molecule has 0 saturated heterocycles. The number of hydrogen-bond donors (Lipinski definition) is 1. The minimum atomic E-state index is 1.46. The first-order valence-electron chi connectivity index (χ1n) is 1.22. The Hall–Kier alpha value is -0.700. The Bertz CT molecular complexity index is 42.9. The van der Waals surface area contributed by atoms with Crippen LogP contribution in [0.4, 0.5) is 0 Å². The third kappa shape index (κ3) is 0.302. The van der Waals surface area contributed by atoms with Gasteiger partial charge in [-0.3, -0.25) is 5.43 Å². The summed E-state index contributed by atoms with van der Waals surface area (Å²) in [5.41, 5.74) is 9.03. The molecule has 0 aromatic heterocycles. The Morgan fingerprint density at radius 3 is 3.00 bits per heavy atom. The first-order chi connectivity index (χ1) is 2.50. The zero-order valence-corrected chi connectivity index (χ0v) is 2.47. The van der Waals surface area contributed by atoms with E-state index < -0.39 is 0 Å². The third-order valence-corrected chi connectivity index (χ3v) is 0.295. The normalized spacial score (nSPS) is 17.6. The van der Waals surface area contributed by atoms with E-state index in [4.69, 9.17) is 0 Å². The summed E-state index contributed by atoms with van der Waals surface area (Å²) in [6, 6.07) is 0. The minimum Gasteiger partial charge on any atom is -0.279 e. The fourth-order valence-electron chi connectivity index (χ4n) is 0.144. The predicted molar refractivity (Wildman–Crippen MR) is 15.2 cm³/mol. The SMILES string of the molecule is [C]1=C[N][N]N1. The predicted octanol–water partition coefficient (Wildman–Crippen LogP) is -1.10. The maximum absolute atomic E-state index is 3.36. The molecule has 0 saturated carbocycles. The van der Waals surface area contributed by atoms with Crippen LogP contribution in [-0.2, 0) is 0 Å². The molecule has 0 atom stereocenters. The van der Waals surface area contributed by atoms with Crippen molar-refractivity contribution < 1.29 is 0 Å². The van der Waals surface area contributed by atoms with Gasteiger partial charge in [0.05, 0.1) is 12.4 Å². The van der Waals surface area contributed by atoms with E-state index in [0.717, 1.165) is 0 Å². The number of nitrogens with one attached hydrogen (secondary N) is 1. The summed E-state index contributed by atoms with van der Waals surface area (Å²) in [5, 5.41) is 0. The molecule has 0 fully saturated rings. The van der Waals surface area contributed by atoms with Gasteiger partial charge in [-0.05, 0) is 0 Å². The van der Waals surface area contributed by atoms with Gasteiger partial charge in [0.2, 0.25) is 0 Å². The highest BCUT2D eigenvalue weighted by molar-refractivity contribution is 4.67. The first kappa shape index (κ1) is 2.53. The van der Waals surface area contributed by atoms with Gasteiger partial charge >= 0.3 is 0 Å². The Labute approximate surface area is 30.0 Å². The van der Waals surface area contributed by atoms with E-state index >= 15 is 0 Å². The van der Waals surface area contributed by atoms with Crippen molar-refractivity contribution in [2.75, 3.05) is 0 Å². The molecule has 1 heterocycles. The molecule has 25 valence electrons. The van der Waals surface area contributed by atoms with Gasteiger partial charge in [-0.1, -0.05) is 0 Å². The van der Waals surface area contributed by atoms with E-state index in [1.165, 1.54) is 6.20 Å². The highest BCUT2D eigenvalue weighted by atomic mass is 15.6. The third-order valence-electron chi connectivity index (χ3n) is 0.295. The molecule has 1 aliphatic rings. The van der Waals surface area contributed by atoms with Crippen LogP contribution in [0.2, 0.25) is 0 Å². The van der Waals surface area contributed by atoms with Crippen molar-refractivity contribution in [1.29, 1.82) is 0 Å². The topological polar surface area (TPSA) is 40.2 Å². The zero-order valence-electron chi connectivity index (χ0n) is 2.47. The first-order valence-corrected chi connectivity index (χ1v) is 1.22. The molecule has 0 amide bonds. The van der Waals surface area contributed by atoms with E-state index in [2.05, 4.69) is 22.6 Å². The average Bonchev–Trinajstić information content (AvgIpc) is 1.76. The van der Waals surface area contributed by atoms with Crippen molar-refractivity contribution in [2.24, 2.45) is 0 Å². The second kappa shape index (κ2) is 0.944. The maximum Gasteiger partial charge on any atom is 0.0983 e. The number of rotatable bonds is 0. The van der Waals surface area contributed by atoms with E-state index in [1.807, 2.05) is 0 Å². The summed E-state index contributed by atoms with van der Waals surface area (Å²) >= 11 is 0.